The van der Waals surface area contributed by atoms with Gasteiger partial charge in [-0.2, -0.15) is 0 Å². The molecule has 0 spiro atoms. The molecule has 1 aromatic carbocycles. The molecule has 0 radical (unpaired) electrons. The SMILES string of the molecule is CCC(C)(CCl)NCc1ccc(C)cc1Cl. The van der Waals surface area contributed by atoms with E-state index in [1.54, 1.807) is 0 Å². The topological polar surface area (TPSA) is 12.0 Å². The van der Waals surface area contributed by atoms with Crippen molar-refractivity contribution >= 4 is 23.2 Å². The summed E-state index contributed by atoms with van der Waals surface area (Å²) in [5, 5.41) is 4.28. The molecule has 1 N–H and O–H groups in total. The second-order valence-corrected chi connectivity index (χ2v) is 5.17. The molecule has 1 nitrogen and oxygen atoms in total. The molecule has 1 aromatic rings. The van der Waals surface area contributed by atoms with Gasteiger partial charge in [0.2, 0.25) is 0 Å². The predicted molar refractivity (Wildman–Crippen MR) is 72.4 cm³/mol. The van der Waals surface area contributed by atoms with E-state index in [-0.39, 0.29) is 5.54 Å². The van der Waals surface area contributed by atoms with Gasteiger partial charge in [0.25, 0.3) is 0 Å². The average molecular weight is 260 g/mol. The summed E-state index contributed by atoms with van der Waals surface area (Å²) in [6, 6.07) is 6.13. The largest absolute Gasteiger partial charge is 0.306 e. The summed E-state index contributed by atoms with van der Waals surface area (Å²) in [4.78, 5) is 0. The summed E-state index contributed by atoms with van der Waals surface area (Å²) in [5.41, 5.74) is 2.29. The highest BCUT2D eigenvalue weighted by molar-refractivity contribution is 6.31. The van der Waals surface area contributed by atoms with Gasteiger partial charge in [-0.3, -0.25) is 0 Å². The Balaban J connectivity index is 2.67. The van der Waals surface area contributed by atoms with Gasteiger partial charge in [0.1, 0.15) is 0 Å². The Hall–Kier alpha value is -0.240. The molecule has 1 unspecified atom stereocenters. The van der Waals surface area contributed by atoms with E-state index in [1.807, 2.05) is 13.0 Å². The Morgan fingerprint density at radius 1 is 1.38 bits per heavy atom. The highest BCUT2D eigenvalue weighted by atomic mass is 35.5. The van der Waals surface area contributed by atoms with E-state index >= 15 is 0 Å². The average Bonchev–Trinajstić information content (AvgIpc) is 2.27. The number of alkyl halides is 1. The van der Waals surface area contributed by atoms with E-state index in [2.05, 4.69) is 31.3 Å². The van der Waals surface area contributed by atoms with E-state index in [0.717, 1.165) is 23.6 Å². The molecule has 90 valence electrons. The van der Waals surface area contributed by atoms with Crippen LogP contribution in [0.3, 0.4) is 0 Å². The fourth-order valence-corrected chi connectivity index (χ4v) is 1.96. The van der Waals surface area contributed by atoms with E-state index in [1.165, 1.54) is 5.56 Å². The highest BCUT2D eigenvalue weighted by Gasteiger charge is 2.19. The number of aryl methyl sites for hydroxylation is 1. The first-order valence-corrected chi connectivity index (χ1v) is 6.48. The number of benzene rings is 1. The van der Waals surface area contributed by atoms with Crippen LogP contribution in [0.5, 0.6) is 0 Å². The van der Waals surface area contributed by atoms with Crippen molar-refractivity contribution in [3.05, 3.63) is 34.3 Å². The summed E-state index contributed by atoms with van der Waals surface area (Å²) < 4.78 is 0. The molecule has 0 saturated carbocycles. The normalized spacial score (nSPS) is 14.8. The summed E-state index contributed by atoms with van der Waals surface area (Å²) in [6.45, 7) is 7.06. The lowest BCUT2D eigenvalue weighted by molar-refractivity contribution is 0.379. The minimum absolute atomic E-state index is 0.0181. The molecule has 0 saturated heterocycles. The van der Waals surface area contributed by atoms with Crippen LogP contribution in [0.2, 0.25) is 5.02 Å². The van der Waals surface area contributed by atoms with Crippen LogP contribution in [0, 0.1) is 6.92 Å². The van der Waals surface area contributed by atoms with Crippen LogP contribution in [0.1, 0.15) is 31.4 Å². The first-order valence-electron chi connectivity index (χ1n) is 5.57. The van der Waals surface area contributed by atoms with E-state index in [0.29, 0.717) is 5.88 Å². The van der Waals surface area contributed by atoms with Gasteiger partial charge in [-0.25, -0.2) is 0 Å². The molecule has 0 aliphatic carbocycles. The van der Waals surface area contributed by atoms with Crippen LogP contribution in [-0.2, 0) is 6.54 Å². The fraction of sp³-hybridized carbons (Fsp3) is 0.538. The van der Waals surface area contributed by atoms with Crippen molar-refractivity contribution in [2.45, 2.75) is 39.3 Å². The van der Waals surface area contributed by atoms with Gasteiger partial charge in [0.15, 0.2) is 0 Å². The molecular formula is C13H19Cl2N. The third-order valence-corrected chi connectivity index (χ3v) is 3.93. The quantitative estimate of drug-likeness (QED) is 0.784. The highest BCUT2D eigenvalue weighted by Crippen LogP contribution is 2.19. The smallest absolute Gasteiger partial charge is 0.0453 e. The van der Waals surface area contributed by atoms with Crippen LogP contribution in [0.25, 0.3) is 0 Å². The van der Waals surface area contributed by atoms with Crippen molar-refractivity contribution < 1.29 is 0 Å². The minimum atomic E-state index is -0.0181. The summed E-state index contributed by atoms with van der Waals surface area (Å²) in [6.07, 6.45) is 1.000. The molecule has 16 heavy (non-hydrogen) atoms. The number of hydrogen-bond acceptors (Lipinski definition) is 1. The van der Waals surface area contributed by atoms with Crippen LogP contribution in [0.15, 0.2) is 18.2 Å². The number of rotatable bonds is 5. The number of hydrogen-bond donors (Lipinski definition) is 1. The third kappa shape index (κ3) is 3.65. The predicted octanol–water partition coefficient (Wildman–Crippen LogP) is 4.15. The maximum Gasteiger partial charge on any atom is 0.0453 e. The second-order valence-electron chi connectivity index (χ2n) is 4.50. The summed E-state index contributed by atoms with van der Waals surface area (Å²) >= 11 is 12.1. The van der Waals surface area contributed by atoms with Crippen LogP contribution < -0.4 is 5.32 Å². The Labute approximate surface area is 108 Å². The Morgan fingerprint density at radius 2 is 2.06 bits per heavy atom. The third-order valence-electron chi connectivity index (χ3n) is 2.99. The van der Waals surface area contributed by atoms with Gasteiger partial charge in [-0.15, -0.1) is 11.6 Å². The maximum atomic E-state index is 6.17. The first kappa shape index (κ1) is 13.8. The van der Waals surface area contributed by atoms with Crippen molar-refractivity contribution in [1.29, 1.82) is 0 Å². The van der Waals surface area contributed by atoms with Gasteiger partial charge in [0, 0.05) is 23.0 Å². The van der Waals surface area contributed by atoms with Gasteiger partial charge in [-0.05, 0) is 37.5 Å². The molecule has 0 aliphatic heterocycles. The minimum Gasteiger partial charge on any atom is -0.306 e. The van der Waals surface area contributed by atoms with Gasteiger partial charge in [-0.1, -0.05) is 30.7 Å². The Kier molecular flexibility index (Phi) is 5.10. The van der Waals surface area contributed by atoms with E-state index in [9.17, 15) is 0 Å². The molecule has 1 rings (SSSR count). The van der Waals surface area contributed by atoms with Crippen molar-refractivity contribution in [2.75, 3.05) is 5.88 Å². The zero-order chi connectivity index (χ0) is 12.2. The summed E-state index contributed by atoms with van der Waals surface area (Å²) in [5.74, 6) is 0.604. The monoisotopic (exact) mass is 259 g/mol. The zero-order valence-corrected chi connectivity index (χ0v) is 11.6. The van der Waals surface area contributed by atoms with Crippen molar-refractivity contribution in [2.24, 2.45) is 0 Å². The van der Waals surface area contributed by atoms with E-state index < -0.39 is 0 Å². The summed E-state index contributed by atoms with van der Waals surface area (Å²) in [7, 11) is 0. The fourth-order valence-electron chi connectivity index (χ4n) is 1.37. The van der Waals surface area contributed by atoms with Crippen molar-refractivity contribution in [3.8, 4) is 0 Å². The molecule has 0 amide bonds. The molecule has 0 fully saturated rings. The van der Waals surface area contributed by atoms with Crippen LogP contribution in [0.4, 0.5) is 0 Å². The maximum absolute atomic E-state index is 6.17. The van der Waals surface area contributed by atoms with Crippen molar-refractivity contribution in [3.63, 3.8) is 0 Å². The van der Waals surface area contributed by atoms with Gasteiger partial charge >= 0.3 is 0 Å². The molecule has 0 aromatic heterocycles. The Bertz CT molecular complexity index is 346. The molecule has 0 heterocycles. The lowest BCUT2D eigenvalue weighted by atomic mass is 10.0. The zero-order valence-electron chi connectivity index (χ0n) is 10.1. The second kappa shape index (κ2) is 5.90. The van der Waals surface area contributed by atoms with E-state index in [4.69, 9.17) is 23.2 Å². The number of nitrogens with one attached hydrogen (secondary N) is 1. The van der Waals surface area contributed by atoms with Crippen LogP contribution >= 0.6 is 23.2 Å². The molecule has 0 aliphatic rings. The number of halogens is 2. The van der Waals surface area contributed by atoms with Crippen molar-refractivity contribution in [1.82, 2.24) is 5.32 Å². The molecule has 1 atom stereocenters. The lowest BCUT2D eigenvalue weighted by Crippen LogP contribution is -2.43. The first-order chi connectivity index (χ1) is 7.50. The molecule has 0 bridgehead atoms. The molecule has 3 heteroatoms. The molecular weight excluding hydrogens is 241 g/mol. The lowest BCUT2D eigenvalue weighted by Gasteiger charge is -2.27. The standard InChI is InChI=1S/C13H19Cl2N/c1-4-13(3,9-14)16-8-11-6-5-10(2)7-12(11)15/h5-7,16H,4,8-9H2,1-3H3. The van der Waals surface area contributed by atoms with Crippen LogP contribution in [-0.4, -0.2) is 11.4 Å². The Morgan fingerprint density at radius 3 is 2.56 bits per heavy atom. The van der Waals surface area contributed by atoms with Gasteiger partial charge in [0.05, 0.1) is 0 Å². The van der Waals surface area contributed by atoms with Gasteiger partial charge < -0.3 is 5.32 Å².